The second kappa shape index (κ2) is 38.7. The lowest BCUT2D eigenvalue weighted by molar-refractivity contribution is -0.179. The normalized spacial score (nSPS) is 19.8. The predicted molar refractivity (Wildman–Crippen MR) is 448 cm³/mol. The summed E-state index contributed by atoms with van der Waals surface area (Å²) in [5, 5.41) is 14.6. The number of hydrogen-bond acceptors (Lipinski definition) is 28. The second-order valence-electron chi connectivity index (χ2n) is 28.2. The molecule has 114 heavy (non-hydrogen) atoms. The van der Waals surface area contributed by atoms with Gasteiger partial charge in [0.05, 0.1) is 56.0 Å². The van der Waals surface area contributed by atoms with Crippen LogP contribution >= 0.6 is 104 Å². The lowest BCUT2D eigenvalue weighted by Crippen LogP contribution is -2.61. The Morgan fingerprint density at radius 2 is 0.816 bits per heavy atom. The van der Waals surface area contributed by atoms with Crippen molar-refractivity contribution in [3.63, 3.8) is 0 Å². The molecule has 0 aliphatic carbocycles. The number of amides is 3. The number of ketones is 6. The van der Waals surface area contributed by atoms with Crippen LogP contribution in [0.25, 0.3) is 18.2 Å². The van der Waals surface area contributed by atoms with E-state index in [1.165, 1.54) is 98.4 Å². The van der Waals surface area contributed by atoms with E-state index in [-0.39, 0.29) is 105 Å². The van der Waals surface area contributed by atoms with Crippen molar-refractivity contribution in [3.05, 3.63) is 196 Å². The predicted octanol–water partition coefficient (Wildman–Crippen LogP) is 14.0. The molecule has 34 heteroatoms. The van der Waals surface area contributed by atoms with Crippen LogP contribution in [0.4, 0.5) is 0 Å². The molecule has 3 amide bonds. The Morgan fingerprint density at radius 3 is 1.11 bits per heavy atom. The van der Waals surface area contributed by atoms with Crippen molar-refractivity contribution >= 4 is 198 Å². The van der Waals surface area contributed by atoms with Gasteiger partial charge in [0, 0.05) is 80.3 Å². The van der Waals surface area contributed by atoms with E-state index in [1.807, 2.05) is 116 Å². The molecule has 0 spiro atoms. The largest absolute Gasteiger partial charge is 0.457 e. The van der Waals surface area contributed by atoms with Crippen molar-refractivity contribution in [2.75, 3.05) is 31.5 Å². The number of rotatable bonds is 29. The highest BCUT2D eigenvalue weighted by Crippen LogP contribution is 2.49. The van der Waals surface area contributed by atoms with Gasteiger partial charge in [-0.3, -0.25) is 57.9 Å². The molecule has 25 nitrogen and oxygen atoms in total. The molecule has 3 aromatic heterocycles. The van der Waals surface area contributed by atoms with Crippen LogP contribution in [0.15, 0.2) is 146 Å². The monoisotopic (exact) mass is 1720 g/mol. The topological polar surface area (TPSA) is 319 Å². The quantitative estimate of drug-likeness (QED) is 0.0138. The number of ether oxygens (including phenoxy) is 1. The van der Waals surface area contributed by atoms with Crippen molar-refractivity contribution < 1.29 is 67.2 Å². The van der Waals surface area contributed by atoms with Crippen LogP contribution in [0.5, 0.6) is 0 Å². The summed E-state index contributed by atoms with van der Waals surface area (Å²) in [4.78, 5) is 162. The molecule has 9 heterocycles. The molecular formula is C80H82Cl3N11O14S6. The minimum absolute atomic E-state index is 0.00458. The van der Waals surface area contributed by atoms with Crippen LogP contribution in [0.2, 0.25) is 0 Å². The van der Waals surface area contributed by atoms with E-state index in [9.17, 15) is 47.9 Å². The number of alkyl halides is 3. The minimum Gasteiger partial charge on any atom is -0.457 e. The number of nitrogens with zero attached hydrogens (tertiary/aromatic N) is 11. The van der Waals surface area contributed by atoms with E-state index >= 15 is 0 Å². The molecule has 0 saturated carbocycles. The SMILES string of the molecule is CC(=O)C1=C(C=Cc2ccc(CCl)cc2)CS[C@@H]2[C@H](CC(=O)/C(=N\OC(C)(C)C(=O)OC(C)(C)C)c3nsc(C)n3)C(=O)N12.CO/N=C(\C(=O)C[C@@H]1C(=O)N2C(C(C)=O)=C(C=Cc3ccc(CCl)cc3)CS[C@H]12)c1csc(C)n1.CO/N=C(\C(=O)C[C@@H]1C(=O)N2C(C(C)=O)=C(C=Cc3ccc(CCl)cc3)CS[C@H]12)c1nsc(C)n1. The first-order chi connectivity index (χ1) is 54.3. The Kier molecular flexibility index (Phi) is 29.7. The lowest BCUT2D eigenvalue weighted by atomic mass is 9.88. The molecule has 6 aromatic rings. The van der Waals surface area contributed by atoms with Crippen molar-refractivity contribution in [1.82, 2.24) is 38.4 Å². The van der Waals surface area contributed by atoms with Crippen LogP contribution < -0.4 is 0 Å². The van der Waals surface area contributed by atoms with Gasteiger partial charge in [-0.05, 0) is 129 Å². The molecule has 0 unspecified atom stereocenters. The number of β-lactam (4-membered cyclic amide) rings is 3. The Hall–Kier alpha value is -8.92. The van der Waals surface area contributed by atoms with Crippen molar-refractivity contribution in [3.8, 4) is 0 Å². The van der Waals surface area contributed by atoms with Crippen molar-refractivity contribution in [2.24, 2.45) is 33.2 Å². The van der Waals surface area contributed by atoms with E-state index in [4.69, 9.17) is 54.1 Å². The number of esters is 1. The average Bonchev–Trinajstić information content (AvgIpc) is 0.884. The van der Waals surface area contributed by atoms with Gasteiger partial charge in [0.15, 0.2) is 63.5 Å². The number of allylic oxidation sites excluding steroid dienone is 6. The van der Waals surface area contributed by atoms with Gasteiger partial charge < -0.3 is 19.2 Å². The third kappa shape index (κ3) is 20.8. The fraction of sp³-hybridized carbons (Fsp3) is 0.375. The Balaban J connectivity index is 0.000000183. The lowest BCUT2D eigenvalue weighted by Gasteiger charge is -2.49. The van der Waals surface area contributed by atoms with E-state index in [1.54, 1.807) is 51.8 Å². The number of fused-ring (bicyclic) bond motifs is 3. The molecule has 6 aliphatic rings. The van der Waals surface area contributed by atoms with Gasteiger partial charge in [0.2, 0.25) is 23.3 Å². The Morgan fingerprint density at radius 1 is 0.482 bits per heavy atom. The molecule has 3 saturated heterocycles. The molecular weight excluding hydrogens is 1640 g/mol. The molecule has 3 fully saturated rings. The summed E-state index contributed by atoms with van der Waals surface area (Å²) < 4.78 is 13.8. The van der Waals surface area contributed by atoms with Crippen molar-refractivity contribution in [1.29, 1.82) is 0 Å². The average molecular weight is 1720 g/mol. The first-order valence-corrected chi connectivity index (χ1v) is 42.9. The number of thioether (sulfide) groups is 3. The minimum atomic E-state index is -1.51. The molecule has 0 N–H and O–H groups in total. The first kappa shape index (κ1) is 87.5. The highest BCUT2D eigenvalue weighted by molar-refractivity contribution is 8.00. The summed E-state index contributed by atoms with van der Waals surface area (Å²) in [5.74, 6) is -1.86. The third-order valence-electron chi connectivity index (χ3n) is 18.1. The van der Waals surface area contributed by atoms with Crippen LogP contribution in [0.3, 0.4) is 0 Å². The molecule has 0 radical (unpaired) electrons. The molecule has 12 rings (SSSR count). The summed E-state index contributed by atoms with van der Waals surface area (Å²) >= 11 is 25.8. The van der Waals surface area contributed by atoms with Crippen molar-refractivity contribution in [2.45, 2.75) is 140 Å². The number of aryl methyl sites for hydroxylation is 3. The van der Waals surface area contributed by atoms with Gasteiger partial charge in [-0.15, -0.1) is 81.4 Å². The Bertz CT molecular complexity index is 4840. The fourth-order valence-electron chi connectivity index (χ4n) is 12.5. The van der Waals surface area contributed by atoms with Gasteiger partial charge in [-0.1, -0.05) is 125 Å². The third-order valence-corrected chi connectivity index (χ3v) is 25.1. The smallest absolute Gasteiger partial charge is 0.353 e. The zero-order valence-electron chi connectivity index (χ0n) is 64.5. The van der Waals surface area contributed by atoms with Gasteiger partial charge in [-0.2, -0.15) is 8.75 Å². The molecule has 3 aromatic carbocycles. The molecule has 0 bridgehead atoms. The number of halogens is 3. The van der Waals surface area contributed by atoms with Gasteiger partial charge >= 0.3 is 5.97 Å². The number of oxime groups is 3. The van der Waals surface area contributed by atoms with E-state index < -0.39 is 46.1 Å². The van der Waals surface area contributed by atoms with E-state index in [0.717, 1.165) is 78.2 Å². The maximum absolute atomic E-state index is 13.6. The number of carbonyl (C=O) groups excluding carboxylic acids is 10. The highest BCUT2D eigenvalue weighted by Gasteiger charge is 2.56. The fourth-order valence-corrected chi connectivity index (χ4v) is 18.8. The number of hydrogen-bond donors (Lipinski definition) is 0. The van der Waals surface area contributed by atoms with Crippen LogP contribution in [-0.2, 0) is 84.8 Å². The van der Waals surface area contributed by atoms with Crippen LogP contribution in [0.1, 0.15) is 140 Å². The number of aromatic nitrogens is 5. The molecule has 6 aliphatic heterocycles. The molecule has 6 atom stereocenters. The zero-order valence-corrected chi connectivity index (χ0v) is 71.7. The summed E-state index contributed by atoms with van der Waals surface area (Å²) in [6, 6.07) is 23.4. The van der Waals surface area contributed by atoms with E-state index in [2.05, 4.69) is 39.2 Å². The van der Waals surface area contributed by atoms with Gasteiger partial charge in [0.1, 0.15) is 35.5 Å². The van der Waals surface area contributed by atoms with Crippen LogP contribution in [-0.4, -0.2) is 173 Å². The summed E-state index contributed by atoms with van der Waals surface area (Å²) in [7, 11) is 2.70. The maximum Gasteiger partial charge on any atom is 0.353 e. The molecule has 598 valence electrons. The van der Waals surface area contributed by atoms with Crippen LogP contribution in [0, 0.1) is 38.5 Å². The number of thiazole rings is 1. The maximum atomic E-state index is 13.6. The van der Waals surface area contributed by atoms with E-state index in [0.29, 0.717) is 67.7 Å². The standard InChI is InChI=1S/C31H35ClN4O6S2.C25H24ClN3O4S2.C24H23ClN4O4S2/c1-17(37)25-21(13-12-19-8-10-20(15-32)11-9-19)16-43-28-22(27(39)36(25)28)14-23(38)24(26-33-18(2)44-35-26)34-42-31(6,7)29(40)41-30(3,4)5;1-14(30)23-18(9-8-16-4-6-17(11-26)7-5-16)12-35-25-19(24(32)29(23)25)10-21(31)22(28-33-3)20-13-34-15(2)27-20;1-13(30)21-17(9-8-15-4-6-16(11-25)7-5-15)12-34-24-18(23(32)29(21)24)10-19(31)20(27-33-3)22-26-14(2)35-28-22/h8-13,22,28H,14-16H2,1-7H3;4-9,13,19,25H,10-12H2,1-3H3;4-9,18,24H,10-12H2,1-3H3/b13-12?,34-24+;9-8?,28-22-;9-8?,27-20+/t22-,28-;19-,25-;18-,24-/m111/s1. The number of Topliss-reactive ketones (excluding diaryl/α,β-unsaturated/α-hetero) is 6. The number of benzene rings is 3. The summed E-state index contributed by atoms with van der Waals surface area (Å²) in [5.41, 5.74) is 7.46. The first-order valence-electron chi connectivity index (χ1n) is 35.7. The summed E-state index contributed by atoms with van der Waals surface area (Å²) in [6.45, 7) is 17.9. The highest BCUT2D eigenvalue weighted by atomic mass is 35.5. The van der Waals surface area contributed by atoms with Gasteiger partial charge in [-0.25, -0.2) is 19.7 Å². The van der Waals surface area contributed by atoms with Gasteiger partial charge in [0.25, 0.3) is 0 Å². The summed E-state index contributed by atoms with van der Waals surface area (Å²) in [6.07, 6.45) is 11.1. The number of carbonyl (C=O) groups is 10. The Labute approximate surface area is 699 Å². The second-order valence-corrected chi connectivity index (χ2v) is 35.3. The zero-order chi connectivity index (χ0) is 82.6.